The molecule has 1 unspecified atom stereocenters. The summed E-state index contributed by atoms with van der Waals surface area (Å²) in [5, 5.41) is 4.57. The first-order valence-electron chi connectivity index (χ1n) is 11.0. The Balaban J connectivity index is 1.41. The molecule has 0 radical (unpaired) electrons. The first-order valence-corrected chi connectivity index (χ1v) is 11.0. The Bertz CT molecular complexity index is 1070. The number of rotatable bonds is 4. The van der Waals surface area contributed by atoms with Crippen molar-refractivity contribution in [2.75, 3.05) is 13.6 Å². The van der Waals surface area contributed by atoms with Gasteiger partial charge in [-0.1, -0.05) is 18.2 Å². The summed E-state index contributed by atoms with van der Waals surface area (Å²) in [6, 6.07) is 11.5. The Morgan fingerprint density at radius 2 is 2.13 bits per heavy atom. The molecule has 1 aliphatic heterocycles. The van der Waals surface area contributed by atoms with Crippen LogP contribution in [0, 0.1) is 5.92 Å². The molecular weight excluding hydrogens is 372 g/mol. The Morgan fingerprint density at radius 1 is 1.27 bits per heavy atom. The molecule has 30 heavy (non-hydrogen) atoms. The Kier molecular flexibility index (Phi) is 4.86. The zero-order valence-corrected chi connectivity index (χ0v) is 18.0. The maximum Gasteiger partial charge on any atom is 0.224 e. The lowest BCUT2D eigenvalue weighted by Gasteiger charge is -2.45. The van der Waals surface area contributed by atoms with Crippen LogP contribution < -0.4 is 5.32 Å². The molecule has 5 nitrogen and oxygen atoms in total. The molecule has 1 N–H and O–H groups in total. The lowest BCUT2D eigenvalue weighted by Crippen LogP contribution is -2.51. The molecule has 1 aromatic carbocycles. The molecule has 0 saturated carbocycles. The Labute approximate surface area is 178 Å². The normalized spacial score (nSPS) is 23.5. The van der Waals surface area contributed by atoms with Crippen molar-refractivity contribution in [3.63, 3.8) is 0 Å². The number of nitrogens with zero attached hydrogens (tertiary/aromatic N) is 3. The van der Waals surface area contributed by atoms with E-state index in [2.05, 4.69) is 65.1 Å². The first-order chi connectivity index (χ1) is 14.5. The van der Waals surface area contributed by atoms with E-state index < -0.39 is 0 Å². The fourth-order valence-corrected chi connectivity index (χ4v) is 5.53. The van der Waals surface area contributed by atoms with Crippen LogP contribution in [0.15, 0.2) is 48.9 Å². The highest BCUT2D eigenvalue weighted by atomic mass is 16.1. The van der Waals surface area contributed by atoms with Gasteiger partial charge < -0.3 is 14.8 Å². The minimum absolute atomic E-state index is 0.0110. The molecule has 1 amide bonds. The highest BCUT2D eigenvalue weighted by molar-refractivity contribution is 5.89. The van der Waals surface area contributed by atoms with E-state index in [1.807, 2.05) is 18.3 Å². The number of amides is 1. The number of likely N-dealkylation sites (tertiary alicyclic amines) is 1. The highest BCUT2D eigenvalue weighted by Gasteiger charge is 2.41. The molecule has 2 aliphatic rings. The SMILES string of the molecule is CC(C)n1cc2c3c(cccc31)C1C[C@@H](C(=O)NCc3cccnc3)CN(C)[C@@H]1C2. The van der Waals surface area contributed by atoms with Crippen LogP contribution in [0.1, 0.15) is 48.9 Å². The van der Waals surface area contributed by atoms with Crippen molar-refractivity contribution in [2.45, 2.75) is 51.2 Å². The van der Waals surface area contributed by atoms with E-state index in [9.17, 15) is 4.79 Å². The molecule has 2 aromatic heterocycles. The molecule has 3 atom stereocenters. The topological polar surface area (TPSA) is 50.2 Å². The van der Waals surface area contributed by atoms with E-state index in [1.165, 1.54) is 22.0 Å². The van der Waals surface area contributed by atoms with E-state index in [-0.39, 0.29) is 11.8 Å². The molecular formula is C25H30N4O. The second kappa shape index (κ2) is 7.55. The average Bonchev–Trinajstić information content (AvgIpc) is 3.13. The summed E-state index contributed by atoms with van der Waals surface area (Å²) < 4.78 is 2.41. The van der Waals surface area contributed by atoms with Crippen LogP contribution in [0.3, 0.4) is 0 Å². The molecule has 1 saturated heterocycles. The molecule has 3 heterocycles. The van der Waals surface area contributed by atoms with E-state index >= 15 is 0 Å². The number of pyridine rings is 1. The predicted molar refractivity (Wildman–Crippen MR) is 119 cm³/mol. The number of benzene rings is 1. The number of fused-ring (bicyclic) bond motifs is 2. The van der Waals surface area contributed by atoms with Crippen molar-refractivity contribution in [1.82, 2.24) is 19.8 Å². The molecule has 5 rings (SSSR count). The number of likely N-dealkylation sites (N-methyl/N-ethyl adjacent to an activating group) is 1. The van der Waals surface area contributed by atoms with Crippen molar-refractivity contribution in [3.8, 4) is 0 Å². The lowest BCUT2D eigenvalue weighted by molar-refractivity contribution is -0.127. The van der Waals surface area contributed by atoms with Gasteiger partial charge in [0.2, 0.25) is 5.91 Å². The van der Waals surface area contributed by atoms with Gasteiger partial charge in [0.15, 0.2) is 0 Å². The molecule has 1 fully saturated rings. The van der Waals surface area contributed by atoms with E-state index in [0.717, 1.165) is 24.9 Å². The second-order valence-corrected chi connectivity index (χ2v) is 9.23. The third-order valence-corrected chi connectivity index (χ3v) is 6.99. The molecule has 3 aromatic rings. The summed E-state index contributed by atoms with van der Waals surface area (Å²) in [7, 11) is 2.18. The van der Waals surface area contributed by atoms with Crippen LogP contribution >= 0.6 is 0 Å². The molecule has 156 valence electrons. The van der Waals surface area contributed by atoms with Crippen molar-refractivity contribution in [2.24, 2.45) is 5.92 Å². The third kappa shape index (κ3) is 3.21. The first kappa shape index (κ1) is 19.3. The number of piperidine rings is 1. The number of carbonyl (C=O) groups is 1. The zero-order valence-electron chi connectivity index (χ0n) is 18.0. The Morgan fingerprint density at radius 3 is 2.90 bits per heavy atom. The van der Waals surface area contributed by atoms with Gasteiger partial charge >= 0.3 is 0 Å². The summed E-state index contributed by atoms with van der Waals surface area (Å²) in [6.07, 6.45) is 7.91. The highest BCUT2D eigenvalue weighted by Crippen LogP contribution is 2.45. The maximum absolute atomic E-state index is 13.0. The summed E-state index contributed by atoms with van der Waals surface area (Å²) in [4.78, 5) is 19.6. The predicted octanol–water partition coefficient (Wildman–Crippen LogP) is 3.89. The summed E-state index contributed by atoms with van der Waals surface area (Å²) in [5.41, 5.74) is 5.26. The minimum Gasteiger partial charge on any atom is -0.352 e. The average molecular weight is 403 g/mol. The minimum atomic E-state index is 0.0110. The van der Waals surface area contributed by atoms with Gasteiger partial charge in [0.05, 0.1) is 5.92 Å². The van der Waals surface area contributed by atoms with Crippen LogP contribution in [0.5, 0.6) is 0 Å². The number of carbonyl (C=O) groups excluding carboxylic acids is 1. The largest absolute Gasteiger partial charge is 0.352 e. The van der Waals surface area contributed by atoms with Gasteiger partial charge in [-0.25, -0.2) is 0 Å². The van der Waals surface area contributed by atoms with Gasteiger partial charge in [-0.3, -0.25) is 9.78 Å². The molecule has 1 aliphatic carbocycles. The van der Waals surface area contributed by atoms with Crippen molar-refractivity contribution in [1.29, 1.82) is 0 Å². The molecule has 5 heteroatoms. The van der Waals surface area contributed by atoms with Gasteiger partial charge in [0, 0.05) is 60.6 Å². The number of hydrogen-bond acceptors (Lipinski definition) is 3. The van der Waals surface area contributed by atoms with Crippen LogP contribution in [0.25, 0.3) is 10.9 Å². The van der Waals surface area contributed by atoms with Crippen molar-refractivity contribution < 1.29 is 4.79 Å². The van der Waals surface area contributed by atoms with Gasteiger partial charge in [0.1, 0.15) is 0 Å². The van der Waals surface area contributed by atoms with E-state index in [4.69, 9.17) is 0 Å². The molecule has 0 spiro atoms. The summed E-state index contributed by atoms with van der Waals surface area (Å²) in [5.74, 6) is 0.566. The maximum atomic E-state index is 13.0. The number of nitrogens with one attached hydrogen (secondary N) is 1. The van der Waals surface area contributed by atoms with Crippen LogP contribution in [-0.2, 0) is 17.8 Å². The fourth-order valence-electron chi connectivity index (χ4n) is 5.53. The number of aromatic nitrogens is 2. The fraction of sp³-hybridized carbons (Fsp3) is 0.440. The third-order valence-electron chi connectivity index (χ3n) is 6.99. The lowest BCUT2D eigenvalue weighted by atomic mass is 9.72. The standard InChI is InChI=1S/C25H30N4O/c1-16(2)29-15-18-11-23-21(20-7-4-8-22(29)24(18)20)10-19(14-28(23)3)25(30)27-13-17-6-5-9-26-12-17/h4-9,12,15-16,19,21,23H,10-11,13-14H2,1-3H3,(H,27,30)/t19-,21?,23-/m1/s1. The van der Waals surface area contributed by atoms with Crippen molar-refractivity contribution in [3.05, 3.63) is 65.6 Å². The zero-order chi connectivity index (χ0) is 20.8. The van der Waals surface area contributed by atoms with Crippen LogP contribution in [0.4, 0.5) is 0 Å². The molecule has 0 bridgehead atoms. The van der Waals surface area contributed by atoms with E-state index in [1.54, 1.807) is 6.20 Å². The second-order valence-electron chi connectivity index (χ2n) is 9.23. The van der Waals surface area contributed by atoms with Crippen LogP contribution in [-0.4, -0.2) is 40.0 Å². The smallest absolute Gasteiger partial charge is 0.224 e. The van der Waals surface area contributed by atoms with E-state index in [0.29, 0.717) is 24.5 Å². The van der Waals surface area contributed by atoms with Crippen LogP contribution in [0.2, 0.25) is 0 Å². The monoisotopic (exact) mass is 402 g/mol. The summed E-state index contributed by atoms with van der Waals surface area (Å²) >= 11 is 0. The summed E-state index contributed by atoms with van der Waals surface area (Å²) in [6.45, 7) is 5.85. The number of hydrogen-bond donors (Lipinski definition) is 1. The quantitative estimate of drug-likeness (QED) is 0.720. The van der Waals surface area contributed by atoms with Gasteiger partial charge in [-0.05, 0) is 62.6 Å². The van der Waals surface area contributed by atoms with Gasteiger partial charge in [-0.2, -0.15) is 0 Å². The Hall–Kier alpha value is -2.66. The van der Waals surface area contributed by atoms with Crippen molar-refractivity contribution >= 4 is 16.8 Å². The van der Waals surface area contributed by atoms with Gasteiger partial charge in [-0.15, -0.1) is 0 Å². The van der Waals surface area contributed by atoms with Gasteiger partial charge in [0.25, 0.3) is 0 Å².